The Morgan fingerprint density at radius 1 is 1.06 bits per heavy atom. The van der Waals surface area contributed by atoms with Crippen molar-refractivity contribution >= 4 is 34.8 Å². The maximum atomic E-state index is 12.8. The zero-order chi connectivity index (χ0) is 26.1. The molecular weight excluding hydrogens is 470 g/mol. The standard InChI is InChI=1S/C26H34ClN3O5/c1-15-20(18-10-8-16(9-11-18)14-19(21(27)31)17-12-13-17)22(28-23(32)34-25(2,3)4)29-30(15)24(33)35-26(5,6)7/h8-11,17,19H,12-14H2,1-7H3,(H,28,29,32). The van der Waals surface area contributed by atoms with Crippen LogP contribution in [0.3, 0.4) is 0 Å². The molecule has 1 atom stereocenters. The Hall–Kier alpha value is -2.87. The lowest BCUT2D eigenvalue weighted by Crippen LogP contribution is -2.29. The number of carbonyl (C=O) groups excluding carboxylic acids is 3. The quantitative estimate of drug-likeness (QED) is 0.463. The van der Waals surface area contributed by atoms with E-state index >= 15 is 0 Å². The van der Waals surface area contributed by atoms with Crippen LogP contribution in [-0.4, -0.2) is 38.4 Å². The van der Waals surface area contributed by atoms with Gasteiger partial charge >= 0.3 is 12.2 Å². The van der Waals surface area contributed by atoms with Crippen molar-refractivity contribution < 1.29 is 23.9 Å². The van der Waals surface area contributed by atoms with Crippen molar-refractivity contribution in [3.8, 4) is 11.1 Å². The van der Waals surface area contributed by atoms with Crippen molar-refractivity contribution in [2.24, 2.45) is 11.8 Å². The summed E-state index contributed by atoms with van der Waals surface area (Å²) in [6, 6.07) is 7.60. The molecule has 35 heavy (non-hydrogen) atoms. The van der Waals surface area contributed by atoms with Gasteiger partial charge in [-0.15, -0.1) is 5.10 Å². The molecule has 0 saturated heterocycles. The third-order valence-electron chi connectivity index (χ3n) is 5.48. The Morgan fingerprint density at radius 2 is 1.63 bits per heavy atom. The highest BCUT2D eigenvalue weighted by Gasteiger charge is 2.35. The van der Waals surface area contributed by atoms with Crippen molar-refractivity contribution in [3.63, 3.8) is 0 Å². The third-order valence-corrected chi connectivity index (χ3v) is 5.76. The van der Waals surface area contributed by atoms with E-state index in [1.54, 1.807) is 48.5 Å². The van der Waals surface area contributed by atoms with E-state index in [9.17, 15) is 14.4 Å². The molecule has 0 aliphatic heterocycles. The van der Waals surface area contributed by atoms with Crippen LogP contribution in [0.25, 0.3) is 11.1 Å². The fourth-order valence-electron chi connectivity index (χ4n) is 3.81. The number of ether oxygens (including phenoxy) is 2. The molecule has 1 heterocycles. The molecule has 1 unspecified atom stereocenters. The molecule has 0 radical (unpaired) electrons. The van der Waals surface area contributed by atoms with Crippen LogP contribution in [0.15, 0.2) is 24.3 Å². The molecule has 0 spiro atoms. The van der Waals surface area contributed by atoms with Crippen LogP contribution < -0.4 is 5.32 Å². The lowest BCUT2D eigenvalue weighted by atomic mass is 9.94. The number of halogens is 1. The van der Waals surface area contributed by atoms with E-state index in [2.05, 4.69) is 10.4 Å². The number of amides is 1. The minimum absolute atomic E-state index is 0.177. The molecular formula is C26H34ClN3O5. The molecule has 1 amide bonds. The number of hydrogen-bond acceptors (Lipinski definition) is 6. The van der Waals surface area contributed by atoms with Crippen molar-refractivity contribution in [3.05, 3.63) is 35.5 Å². The van der Waals surface area contributed by atoms with E-state index in [-0.39, 0.29) is 17.0 Å². The van der Waals surface area contributed by atoms with Gasteiger partial charge in [-0.1, -0.05) is 24.3 Å². The summed E-state index contributed by atoms with van der Waals surface area (Å²) in [5.74, 6) is 0.365. The number of benzene rings is 1. The molecule has 9 heteroatoms. The molecule has 1 aliphatic rings. The van der Waals surface area contributed by atoms with Gasteiger partial charge in [0.1, 0.15) is 11.2 Å². The summed E-state index contributed by atoms with van der Waals surface area (Å²) in [7, 11) is 0. The van der Waals surface area contributed by atoms with Gasteiger partial charge in [0.05, 0.1) is 5.69 Å². The van der Waals surface area contributed by atoms with Crippen LogP contribution in [0.1, 0.15) is 65.6 Å². The normalized spacial score (nSPS) is 14.9. The van der Waals surface area contributed by atoms with Crippen molar-refractivity contribution in [2.45, 2.75) is 78.9 Å². The Bertz CT molecular complexity index is 1110. The molecule has 0 bridgehead atoms. The second-order valence-electron chi connectivity index (χ2n) is 11.0. The van der Waals surface area contributed by atoms with E-state index in [1.165, 1.54) is 0 Å². The van der Waals surface area contributed by atoms with Gasteiger partial charge < -0.3 is 9.47 Å². The second-order valence-corrected chi connectivity index (χ2v) is 11.3. The average molecular weight is 504 g/mol. The summed E-state index contributed by atoms with van der Waals surface area (Å²) >= 11 is 5.82. The van der Waals surface area contributed by atoms with E-state index in [4.69, 9.17) is 21.1 Å². The number of carbonyl (C=O) groups is 3. The molecule has 1 aromatic heterocycles. The first-order chi connectivity index (χ1) is 16.1. The highest BCUT2D eigenvalue weighted by Crippen LogP contribution is 2.40. The van der Waals surface area contributed by atoms with Crippen LogP contribution in [0, 0.1) is 18.8 Å². The predicted molar refractivity (Wildman–Crippen MR) is 135 cm³/mol. The van der Waals surface area contributed by atoms with Gasteiger partial charge in [-0.3, -0.25) is 10.1 Å². The highest BCUT2D eigenvalue weighted by molar-refractivity contribution is 6.64. The first-order valence-electron chi connectivity index (χ1n) is 11.8. The molecule has 1 aliphatic carbocycles. The number of rotatable bonds is 6. The Labute approximate surface area is 211 Å². The smallest absolute Gasteiger partial charge is 0.435 e. The summed E-state index contributed by atoms with van der Waals surface area (Å²) in [4.78, 5) is 37.1. The lowest BCUT2D eigenvalue weighted by Gasteiger charge is -2.19. The molecule has 1 saturated carbocycles. The minimum atomic E-state index is -0.714. The Kier molecular flexibility index (Phi) is 7.65. The fraction of sp³-hybridized carbons (Fsp3) is 0.538. The molecule has 2 aromatic rings. The summed E-state index contributed by atoms with van der Waals surface area (Å²) in [6.45, 7) is 12.3. The van der Waals surface area contributed by atoms with Gasteiger partial charge in [-0.05, 0) is 96.4 Å². The number of aromatic nitrogens is 2. The molecule has 8 nitrogen and oxygen atoms in total. The maximum absolute atomic E-state index is 12.8. The van der Waals surface area contributed by atoms with Gasteiger partial charge in [-0.2, -0.15) is 4.68 Å². The average Bonchev–Trinajstić information content (AvgIpc) is 3.48. The van der Waals surface area contributed by atoms with E-state index < -0.39 is 23.4 Å². The van der Waals surface area contributed by atoms with Gasteiger partial charge in [0.15, 0.2) is 5.82 Å². The Morgan fingerprint density at radius 3 is 2.11 bits per heavy atom. The van der Waals surface area contributed by atoms with Crippen molar-refractivity contribution in [2.75, 3.05) is 5.32 Å². The Balaban J connectivity index is 1.94. The van der Waals surface area contributed by atoms with E-state index in [0.29, 0.717) is 23.6 Å². The number of nitrogens with one attached hydrogen (secondary N) is 1. The van der Waals surface area contributed by atoms with Crippen LogP contribution in [0.4, 0.5) is 15.4 Å². The van der Waals surface area contributed by atoms with Gasteiger partial charge in [-0.25, -0.2) is 9.59 Å². The molecule has 1 aromatic carbocycles. The summed E-state index contributed by atoms with van der Waals surface area (Å²) in [5.41, 5.74) is 1.39. The fourth-order valence-corrected chi connectivity index (χ4v) is 4.07. The zero-order valence-electron chi connectivity index (χ0n) is 21.4. The maximum Gasteiger partial charge on any atom is 0.435 e. The van der Waals surface area contributed by atoms with Crippen LogP contribution in [0.2, 0.25) is 0 Å². The van der Waals surface area contributed by atoms with Crippen molar-refractivity contribution in [1.82, 2.24) is 9.78 Å². The number of hydrogen-bond donors (Lipinski definition) is 1. The SMILES string of the molecule is Cc1c(-c2ccc(CC(C(=O)Cl)C3CC3)cc2)c(NC(=O)OC(C)(C)C)nn1C(=O)OC(C)(C)C. The third kappa shape index (κ3) is 7.31. The first kappa shape index (κ1) is 26.7. The van der Waals surface area contributed by atoms with Crippen molar-refractivity contribution in [1.29, 1.82) is 0 Å². The monoisotopic (exact) mass is 503 g/mol. The second kappa shape index (κ2) is 10.0. The number of anilines is 1. The molecule has 3 rings (SSSR count). The van der Waals surface area contributed by atoms with Crippen LogP contribution >= 0.6 is 11.6 Å². The highest BCUT2D eigenvalue weighted by atomic mass is 35.5. The summed E-state index contributed by atoms with van der Waals surface area (Å²) in [6.07, 6.45) is 1.30. The predicted octanol–water partition coefficient (Wildman–Crippen LogP) is 6.32. The van der Waals surface area contributed by atoms with Gasteiger partial charge in [0.25, 0.3) is 0 Å². The first-order valence-corrected chi connectivity index (χ1v) is 12.1. The molecule has 190 valence electrons. The number of nitrogens with zero attached hydrogens (tertiary/aromatic N) is 2. The minimum Gasteiger partial charge on any atom is -0.444 e. The zero-order valence-corrected chi connectivity index (χ0v) is 22.2. The van der Waals surface area contributed by atoms with E-state index in [1.807, 2.05) is 24.3 Å². The van der Waals surface area contributed by atoms with Crippen LogP contribution in [-0.2, 0) is 20.7 Å². The molecule has 1 fully saturated rings. The summed E-state index contributed by atoms with van der Waals surface area (Å²) < 4.78 is 12.0. The summed E-state index contributed by atoms with van der Waals surface area (Å²) in [5, 5.41) is 6.70. The largest absolute Gasteiger partial charge is 0.444 e. The van der Waals surface area contributed by atoms with Gasteiger partial charge in [0.2, 0.25) is 5.24 Å². The van der Waals surface area contributed by atoms with E-state index in [0.717, 1.165) is 28.7 Å². The lowest BCUT2D eigenvalue weighted by molar-refractivity contribution is -0.115. The topological polar surface area (TPSA) is 99.5 Å². The molecule has 1 N–H and O–H groups in total. The van der Waals surface area contributed by atoms with Gasteiger partial charge in [0, 0.05) is 11.5 Å². The van der Waals surface area contributed by atoms with Crippen LogP contribution in [0.5, 0.6) is 0 Å².